The molecule has 1 aromatic carbocycles. The van der Waals surface area contributed by atoms with Crippen molar-refractivity contribution in [3.63, 3.8) is 0 Å². The Bertz CT molecular complexity index is 378. The van der Waals surface area contributed by atoms with Crippen LogP contribution in [0.3, 0.4) is 0 Å². The van der Waals surface area contributed by atoms with Crippen molar-refractivity contribution in [3.05, 3.63) is 35.4 Å². The van der Waals surface area contributed by atoms with E-state index in [-0.39, 0.29) is 5.56 Å². The Kier molecular flexibility index (Phi) is 4.07. The molecule has 1 aliphatic rings. The van der Waals surface area contributed by atoms with Gasteiger partial charge in [-0.05, 0) is 18.9 Å². The maximum atomic E-state index is 13.4. The van der Waals surface area contributed by atoms with Gasteiger partial charge in [0.05, 0.1) is 6.10 Å². The van der Waals surface area contributed by atoms with Crippen LogP contribution in [0.15, 0.2) is 18.2 Å². The van der Waals surface area contributed by atoms with Gasteiger partial charge in [0.1, 0.15) is 11.6 Å². The third-order valence-electron chi connectivity index (χ3n) is 3.28. The summed E-state index contributed by atoms with van der Waals surface area (Å²) >= 11 is 0. The lowest BCUT2D eigenvalue weighted by Crippen LogP contribution is -2.30. The first-order valence-corrected chi connectivity index (χ1v) is 6.03. The molecule has 0 spiro atoms. The molecular formula is C13H17F2NO. The van der Waals surface area contributed by atoms with E-state index in [1.165, 1.54) is 18.9 Å². The van der Waals surface area contributed by atoms with E-state index in [1.807, 2.05) is 0 Å². The zero-order valence-electron chi connectivity index (χ0n) is 9.63. The van der Waals surface area contributed by atoms with Gasteiger partial charge >= 0.3 is 0 Å². The fourth-order valence-corrected chi connectivity index (χ4v) is 2.29. The first-order valence-electron chi connectivity index (χ1n) is 6.03. The summed E-state index contributed by atoms with van der Waals surface area (Å²) in [6, 6.07) is 3.69. The summed E-state index contributed by atoms with van der Waals surface area (Å²) in [6.07, 6.45) is 3.71. The van der Waals surface area contributed by atoms with E-state index in [0.717, 1.165) is 25.0 Å². The Hall–Kier alpha value is -1.00. The fraction of sp³-hybridized carbons (Fsp3) is 0.538. The minimum atomic E-state index is -0.920. The van der Waals surface area contributed by atoms with Crippen molar-refractivity contribution >= 4 is 0 Å². The molecule has 0 amide bonds. The number of rotatable bonds is 4. The highest BCUT2D eigenvalue weighted by molar-refractivity contribution is 5.21. The second kappa shape index (κ2) is 5.56. The minimum Gasteiger partial charge on any atom is -0.387 e. The van der Waals surface area contributed by atoms with Crippen LogP contribution in [-0.4, -0.2) is 17.7 Å². The molecular weight excluding hydrogens is 224 g/mol. The van der Waals surface area contributed by atoms with Gasteiger partial charge in [0.2, 0.25) is 0 Å². The van der Waals surface area contributed by atoms with Gasteiger partial charge in [-0.1, -0.05) is 18.9 Å². The summed E-state index contributed by atoms with van der Waals surface area (Å²) in [4.78, 5) is 0. The summed E-state index contributed by atoms with van der Waals surface area (Å²) in [5.74, 6) is -1.31. The molecule has 0 heterocycles. The zero-order valence-corrected chi connectivity index (χ0v) is 9.63. The average molecular weight is 241 g/mol. The van der Waals surface area contributed by atoms with Crippen molar-refractivity contribution < 1.29 is 13.9 Å². The lowest BCUT2D eigenvalue weighted by Gasteiger charge is -2.16. The van der Waals surface area contributed by atoms with Crippen LogP contribution in [0.25, 0.3) is 0 Å². The normalized spacial score (nSPS) is 18.5. The molecule has 0 aliphatic heterocycles. The maximum Gasteiger partial charge on any atom is 0.131 e. The van der Waals surface area contributed by atoms with Crippen molar-refractivity contribution in [2.45, 2.75) is 37.8 Å². The number of benzene rings is 1. The van der Waals surface area contributed by atoms with E-state index < -0.39 is 17.7 Å². The maximum absolute atomic E-state index is 13.4. The highest BCUT2D eigenvalue weighted by Crippen LogP contribution is 2.20. The Balaban J connectivity index is 1.91. The van der Waals surface area contributed by atoms with Crippen LogP contribution in [0, 0.1) is 11.6 Å². The van der Waals surface area contributed by atoms with E-state index in [1.54, 1.807) is 0 Å². The molecule has 0 saturated heterocycles. The minimum absolute atomic E-state index is 0.150. The van der Waals surface area contributed by atoms with Crippen molar-refractivity contribution in [2.75, 3.05) is 6.54 Å². The number of hydrogen-bond donors (Lipinski definition) is 2. The monoisotopic (exact) mass is 241 g/mol. The van der Waals surface area contributed by atoms with Gasteiger partial charge in [0.25, 0.3) is 0 Å². The van der Waals surface area contributed by atoms with Crippen LogP contribution in [0.5, 0.6) is 0 Å². The van der Waals surface area contributed by atoms with E-state index >= 15 is 0 Å². The molecule has 1 saturated carbocycles. The molecule has 2 nitrogen and oxygen atoms in total. The molecule has 1 unspecified atom stereocenters. The molecule has 1 fully saturated rings. The van der Waals surface area contributed by atoms with Crippen LogP contribution in [0.4, 0.5) is 8.78 Å². The lowest BCUT2D eigenvalue weighted by atomic mass is 10.1. The molecule has 1 atom stereocenters. The first-order chi connectivity index (χ1) is 8.16. The third kappa shape index (κ3) is 3.23. The van der Waals surface area contributed by atoms with Crippen molar-refractivity contribution in [3.8, 4) is 0 Å². The molecule has 0 radical (unpaired) electrons. The van der Waals surface area contributed by atoms with Crippen LogP contribution in [0.1, 0.15) is 37.4 Å². The largest absolute Gasteiger partial charge is 0.387 e. The van der Waals surface area contributed by atoms with Crippen LogP contribution in [-0.2, 0) is 0 Å². The van der Waals surface area contributed by atoms with Crippen molar-refractivity contribution in [1.82, 2.24) is 5.32 Å². The van der Waals surface area contributed by atoms with Gasteiger partial charge in [-0.2, -0.15) is 0 Å². The average Bonchev–Trinajstić information content (AvgIpc) is 2.78. The Morgan fingerprint density at radius 1 is 1.29 bits per heavy atom. The third-order valence-corrected chi connectivity index (χ3v) is 3.28. The highest BCUT2D eigenvalue weighted by Gasteiger charge is 2.18. The molecule has 17 heavy (non-hydrogen) atoms. The van der Waals surface area contributed by atoms with Gasteiger partial charge in [0.15, 0.2) is 0 Å². The number of hydrogen-bond acceptors (Lipinski definition) is 2. The molecule has 1 aromatic rings. The smallest absolute Gasteiger partial charge is 0.131 e. The molecule has 94 valence electrons. The molecule has 0 aromatic heterocycles. The van der Waals surface area contributed by atoms with E-state index in [4.69, 9.17) is 0 Å². The predicted octanol–water partition coefficient (Wildman–Crippen LogP) is 2.53. The number of aliphatic hydroxyl groups is 1. The van der Waals surface area contributed by atoms with Crippen molar-refractivity contribution in [2.24, 2.45) is 0 Å². The van der Waals surface area contributed by atoms with Crippen LogP contribution < -0.4 is 5.32 Å². The highest BCUT2D eigenvalue weighted by atomic mass is 19.1. The van der Waals surface area contributed by atoms with Gasteiger partial charge in [-0.25, -0.2) is 8.78 Å². The number of aliphatic hydroxyl groups excluding tert-OH is 1. The summed E-state index contributed by atoms with van der Waals surface area (Å²) in [6.45, 7) is 0.313. The zero-order chi connectivity index (χ0) is 12.3. The predicted molar refractivity (Wildman–Crippen MR) is 61.6 cm³/mol. The van der Waals surface area contributed by atoms with Crippen molar-refractivity contribution in [1.29, 1.82) is 0 Å². The standard InChI is InChI=1S/C13H17F2NO/c14-9-5-6-11(12(15)7-9)13(17)8-16-10-3-1-2-4-10/h5-7,10,13,16-17H,1-4,8H2. The fourth-order valence-electron chi connectivity index (χ4n) is 2.29. The Morgan fingerprint density at radius 2 is 2.00 bits per heavy atom. The molecule has 1 aliphatic carbocycles. The summed E-state index contributed by atoms with van der Waals surface area (Å²) in [7, 11) is 0. The molecule has 2 N–H and O–H groups in total. The van der Waals surface area contributed by atoms with E-state index in [2.05, 4.69) is 5.32 Å². The van der Waals surface area contributed by atoms with Gasteiger partial charge in [-0.15, -0.1) is 0 Å². The molecule has 4 heteroatoms. The lowest BCUT2D eigenvalue weighted by molar-refractivity contribution is 0.165. The Morgan fingerprint density at radius 3 is 2.65 bits per heavy atom. The van der Waals surface area contributed by atoms with Gasteiger partial charge in [-0.3, -0.25) is 0 Å². The Labute approximate surface area is 99.7 Å². The van der Waals surface area contributed by atoms with Gasteiger partial charge in [0, 0.05) is 24.2 Å². The van der Waals surface area contributed by atoms with Gasteiger partial charge < -0.3 is 10.4 Å². The topological polar surface area (TPSA) is 32.3 Å². The van der Waals surface area contributed by atoms with E-state index in [9.17, 15) is 13.9 Å². The second-order valence-electron chi connectivity index (χ2n) is 4.57. The van der Waals surface area contributed by atoms with Crippen LogP contribution >= 0.6 is 0 Å². The first kappa shape index (κ1) is 12.5. The SMILES string of the molecule is OC(CNC1CCCC1)c1ccc(F)cc1F. The van der Waals surface area contributed by atoms with E-state index in [0.29, 0.717) is 12.6 Å². The summed E-state index contributed by atoms with van der Waals surface area (Å²) in [5.41, 5.74) is 0.150. The summed E-state index contributed by atoms with van der Waals surface area (Å²) < 4.78 is 26.1. The second-order valence-corrected chi connectivity index (χ2v) is 4.57. The number of nitrogens with one attached hydrogen (secondary N) is 1. The molecule has 0 bridgehead atoms. The quantitative estimate of drug-likeness (QED) is 0.849. The summed E-state index contributed by atoms with van der Waals surface area (Å²) in [5, 5.41) is 13.0. The number of halogens is 2. The van der Waals surface area contributed by atoms with Crippen LogP contribution in [0.2, 0.25) is 0 Å². The molecule has 2 rings (SSSR count).